The summed E-state index contributed by atoms with van der Waals surface area (Å²) in [6.45, 7) is 6.94. The third-order valence-electron chi connectivity index (χ3n) is 4.57. The Balaban J connectivity index is 2.36. The molecular formula is C22H31N3O7S. The van der Waals surface area contributed by atoms with E-state index in [4.69, 9.17) is 14.0 Å². The molecule has 0 fully saturated rings. The molecule has 11 heteroatoms. The Kier molecular flexibility index (Phi) is 8.51. The van der Waals surface area contributed by atoms with Crippen LogP contribution in [0.5, 0.6) is 5.75 Å². The first kappa shape index (κ1) is 26.2. The van der Waals surface area contributed by atoms with Gasteiger partial charge in [0.1, 0.15) is 17.0 Å². The van der Waals surface area contributed by atoms with Crippen molar-refractivity contribution in [2.24, 2.45) is 0 Å². The van der Waals surface area contributed by atoms with Gasteiger partial charge in [-0.25, -0.2) is 4.79 Å². The fourth-order valence-corrected chi connectivity index (χ4v) is 3.50. The predicted octanol–water partition coefficient (Wildman–Crippen LogP) is 2.77. The molecular weight excluding hydrogens is 450 g/mol. The number of hydrogen-bond donors (Lipinski definition) is 4. The lowest BCUT2D eigenvalue weighted by atomic mass is 10.0. The number of rotatable bonds is 10. The number of aromatic amines is 1. The highest BCUT2D eigenvalue weighted by Crippen LogP contribution is 2.24. The molecule has 1 aromatic carbocycles. The maximum atomic E-state index is 12.9. The molecule has 1 amide bonds. The van der Waals surface area contributed by atoms with Crippen LogP contribution in [0, 0.1) is 0 Å². The van der Waals surface area contributed by atoms with Crippen LogP contribution in [0.4, 0.5) is 5.69 Å². The molecule has 182 valence electrons. The summed E-state index contributed by atoms with van der Waals surface area (Å²) in [5.41, 5.74) is 1.33. The minimum absolute atomic E-state index is 0.166. The lowest BCUT2D eigenvalue weighted by molar-refractivity contribution is 0.00621. The molecule has 0 saturated carbocycles. The second-order valence-electron chi connectivity index (χ2n) is 8.31. The summed E-state index contributed by atoms with van der Waals surface area (Å²) in [5.74, 6) is -1.09. The zero-order valence-electron chi connectivity index (χ0n) is 19.4. The van der Waals surface area contributed by atoms with Crippen LogP contribution in [0.15, 0.2) is 24.3 Å². The number of anilines is 1. The summed E-state index contributed by atoms with van der Waals surface area (Å²) in [4.78, 5) is 28.7. The third kappa shape index (κ3) is 7.79. The van der Waals surface area contributed by atoms with Crippen molar-refractivity contribution in [2.45, 2.75) is 46.3 Å². The van der Waals surface area contributed by atoms with E-state index in [1.165, 1.54) is 0 Å². The lowest BCUT2D eigenvalue weighted by Crippen LogP contribution is -2.30. The van der Waals surface area contributed by atoms with Crippen molar-refractivity contribution in [1.82, 2.24) is 10.3 Å². The van der Waals surface area contributed by atoms with Crippen molar-refractivity contribution >= 4 is 27.7 Å². The molecule has 0 spiro atoms. The van der Waals surface area contributed by atoms with Gasteiger partial charge in [-0.15, -0.1) is 0 Å². The van der Waals surface area contributed by atoms with Crippen LogP contribution in [-0.2, 0) is 27.8 Å². The summed E-state index contributed by atoms with van der Waals surface area (Å²) >= 11 is 0. The van der Waals surface area contributed by atoms with Crippen LogP contribution in [0.1, 0.15) is 59.8 Å². The number of aromatic nitrogens is 1. The summed E-state index contributed by atoms with van der Waals surface area (Å²) in [6.07, 6.45) is 0.356. The van der Waals surface area contributed by atoms with E-state index in [9.17, 15) is 18.0 Å². The van der Waals surface area contributed by atoms with E-state index in [-0.39, 0.29) is 24.3 Å². The van der Waals surface area contributed by atoms with Gasteiger partial charge >= 0.3 is 5.97 Å². The van der Waals surface area contributed by atoms with Gasteiger partial charge in [0.15, 0.2) is 0 Å². The molecule has 10 nitrogen and oxygen atoms in total. The zero-order chi connectivity index (χ0) is 24.8. The monoisotopic (exact) mass is 481 g/mol. The smallest absolute Gasteiger partial charge is 0.355 e. The molecule has 0 aliphatic rings. The minimum Gasteiger partial charge on any atom is -0.497 e. The Bertz CT molecular complexity index is 1080. The molecule has 0 radical (unpaired) electrons. The molecule has 1 heterocycles. The fraction of sp³-hybridized carbons (Fsp3) is 0.455. The molecule has 1 aromatic heterocycles. The standard InChI is InChI=1S/C22H31N3O7S/c1-6-16-18(20(26)23-11-12-33(28,29)30)17(25-19(16)21(27)32-22(2,3)4)13-24-14-7-9-15(31-5)10-8-14/h7-10,24-25H,6,11-13H2,1-5H3,(H,23,26)(H,28,29,30). The van der Waals surface area contributed by atoms with Gasteiger partial charge < -0.3 is 25.1 Å². The van der Waals surface area contributed by atoms with Crippen molar-refractivity contribution in [3.8, 4) is 5.75 Å². The van der Waals surface area contributed by atoms with Crippen LogP contribution >= 0.6 is 0 Å². The number of nitrogens with one attached hydrogen (secondary N) is 3. The molecule has 2 rings (SSSR count). The zero-order valence-corrected chi connectivity index (χ0v) is 20.3. The number of methoxy groups -OCH3 is 1. The van der Waals surface area contributed by atoms with Crippen LogP contribution in [0.25, 0.3) is 0 Å². The number of hydrogen-bond acceptors (Lipinski definition) is 7. The molecule has 0 atom stereocenters. The minimum atomic E-state index is -4.23. The van der Waals surface area contributed by atoms with Gasteiger partial charge in [-0.05, 0) is 57.0 Å². The van der Waals surface area contributed by atoms with Crippen LogP contribution in [0.3, 0.4) is 0 Å². The number of esters is 1. The van der Waals surface area contributed by atoms with E-state index >= 15 is 0 Å². The average molecular weight is 482 g/mol. The van der Waals surface area contributed by atoms with Gasteiger partial charge in [0.05, 0.1) is 25.0 Å². The summed E-state index contributed by atoms with van der Waals surface area (Å²) in [6, 6.07) is 7.18. The fourth-order valence-electron chi connectivity index (χ4n) is 3.14. The van der Waals surface area contributed by atoms with E-state index < -0.39 is 33.3 Å². The molecule has 0 unspecified atom stereocenters. The van der Waals surface area contributed by atoms with Gasteiger partial charge in [0.25, 0.3) is 16.0 Å². The number of carbonyl (C=O) groups is 2. The van der Waals surface area contributed by atoms with Gasteiger partial charge in [-0.2, -0.15) is 8.42 Å². The largest absolute Gasteiger partial charge is 0.497 e. The highest BCUT2D eigenvalue weighted by atomic mass is 32.2. The van der Waals surface area contributed by atoms with Crippen molar-refractivity contribution in [3.63, 3.8) is 0 Å². The number of benzene rings is 1. The van der Waals surface area contributed by atoms with Crippen molar-refractivity contribution in [2.75, 3.05) is 24.7 Å². The Morgan fingerprint density at radius 1 is 1.15 bits per heavy atom. The molecule has 0 aliphatic carbocycles. The van der Waals surface area contributed by atoms with Crippen molar-refractivity contribution in [1.29, 1.82) is 0 Å². The summed E-state index contributed by atoms with van der Waals surface area (Å²) < 4.78 is 41.5. The second-order valence-corrected chi connectivity index (χ2v) is 9.88. The van der Waals surface area contributed by atoms with Crippen molar-refractivity contribution in [3.05, 3.63) is 46.8 Å². The first-order valence-corrected chi connectivity index (χ1v) is 12.0. The highest BCUT2D eigenvalue weighted by Gasteiger charge is 2.28. The number of amides is 1. The van der Waals surface area contributed by atoms with E-state index in [0.717, 1.165) is 5.69 Å². The quantitative estimate of drug-likeness (QED) is 0.299. The van der Waals surface area contributed by atoms with Gasteiger partial charge in [0.2, 0.25) is 0 Å². The van der Waals surface area contributed by atoms with Crippen LogP contribution < -0.4 is 15.4 Å². The lowest BCUT2D eigenvalue weighted by Gasteiger charge is -2.19. The second kappa shape index (κ2) is 10.7. The Morgan fingerprint density at radius 2 is 1.79 bits per heavy atom. The third-order valence-corrected chi connectivity index (χ3v) is 5.29. The number of ether oxygens (including phenoxy) is 2. The van der Waals surface area contributed by atoms with Crippen LogP contribution in [0.2, 0.25) is 0 Å². The Morgan fingerprint density at radius 3 is 2.30 bits per heavy atom. The maximum Gasteiger partial charge on any atom is 0.355 e. The number of H-pyrrole nitrogens is 1. The van der Waals surface area contributed by atoms with Gasteiger partial charge in [-0.1, -0.05) is 6.92 Å². The average Bonchev–Trinajstić information content (AvgIpc) is 3.09. The predicted molar refractivity (Wildman–Crippen MR) is 124 cm³/mol. The molecule has 2 aromatic rings. The molecule has 33 heavy (non-hydrogen) atoms. The summed E-state index contributed by atoms with van der Waals surface area (Å²) in [5, 5.41) is 5.67. The van der Waals surface area contributed by atoms with Crippen LogP contribution in [-0.4, -0.2) is 54.8 Å². The molecule has 4 N–H and O–H groups in total. The van der Waals surface area contributed by atoms with E-state index in [1.807, 2.05) is 12.1 Å². The maximum absolute atomic E-state index is 12.9. The van der Waals surface area contributed by atoms with Crippen molar-refractivity contribution < 1.29 is 32.0 Å². The molecule has 0 saturated heterocycles. The first-order chi connectivity index (χ1) is 15.3. The molecule has 0 bridgehead atoms. The Labute approximate surface area is 193 Å². The van der Waals surface area contributed by atoms with E-state index in [2.05, 4.69) is 15.6 Å². The first-order valence-electron chi connectivity index (χ1n) is 10.4. The summed E-state index contributed by atoms with van der Waals surface area (Å²) in [7, 11) is -2.66. The van der Waals surface area contributed by atoms with E-state index in [0.29, 0.717) is 23.4 Å². The SMILES string of the molecule is CCc1c(C(=O)OC(C)(C)C)[nH]c(CNc2ccc(OC)cc2)c1C(=O)NCCS(=O)(=O)O. The normalized spacial score (nSPS) is 11.7. The van der Waals surface area contributed by atoms with Gasteiger partial charge in [0, 0.05) is 17.9 Å². The van der Waals surface area contributed by atoms with Gasteiger partial charge in [-0.3, -0.25) is 9.35 Å². The topological polar surface area (TPSA) is 147 Å². The Hall–Kier alpha value is -3.05. The van der Waals surface area contributed by atoms with E-state index in [1.54, 1.807) is 46.9 Å². The number of carbonyl (C=O) groups excluding carboxylic acids is 2. The molecule has 0 aliphatic heterocycles. The highest BCUT2D eigenvalue weighted by molar-refractivity contribution is 7.85.